The number of carboxylic acids is 1. The average molecular weight is 287 g/mol. The van der Waals surface area contributed by atoms with Crippen molar-refractivity contribution in [2.75, 3.05) is 13.7 Å². The Bertz CT molecular complexity index is 524. The number of aromatic carboxylic acids is 1. The molecule has 1 aromatic rings. The van der Waals surface area contributed by atoms with Crippen LogP contribution in [-0.2, 0) is 21.3 Å². The molecule has 0 aliphatic carbocycles. The predicted molar refractivity (Wildman–Crippen MR) is 70.5 cm³/mol. The molecule has 0 aromatic heterocycles. The van der Waals surface area contributed by atoms with Crippen LogP contribution in [0.3, 0.4) is 0 Å². The van der Waals surface area contributed by atoms with Crippen molar-refractivity contribution in [1.82, 2.24) is 4.72 Å². The van der Waals surface area contributed by atoms with Gasteiger partial charge in [0.15, 0.2) is 0 Å². The number of methoxy groups -OCH3 is 1. The summed E-state index contributed by atoms with van der Waals surface area (Å²) in [5.41, 5.74) is 0.859. The molecule has 0 heterocycles. The van der Waals surface area contributed by atoms with Crippen molar-refractivity contribution in [3.63, 3.8) is 0 Å². The Balaban J connectivity index is 2.64. The van der Waals surface area contributed by atoms with Crippen molar-refractivity contribution in [3.8, 4) is 0 Å². The number of sulfonamides is 1. The van der Waals surface area contributed by atoms with Crippen molar-refractivity contribution >= 4 is 16.0 Å². The molecule has 0 fully saturated rings. The van der Waals surface area contributed by atoms with Gasteiger partial charge in [-0.25, -0.2) is 17.9 Å². The van der Waals surface area contributed by atoms with Crippen molar-refractivity contribution < 1.29 is 23.1 Å². The molecule has 0 spiro atoms. The topological polar surface area (TPSA) is 92.7 Å². The van der Waals surface area contributed by atoms with Crippen LogP contribution in [0.15, 0.2) is 24.3 Å². The number of nitrogens with one attached hydrogen (secondary N) is 1. The van der Waals surface area contributed by atoms with Crippen LogP contribution in [0.5, 0.6) is 0 Å². The summed E-state index contributed by atoms with van der Waals surface area (Å²) in [6.07, 6.45) is 0. The van der Waals surface area contributed by atoms with Gasteiger partial charge in [-0.1, -0.05) is 12.1 Å². The normalized spacial score (nSPS) is 13.2. The van der Waals surface area contributed by atoms with Crippen molar-refractivity contribution in [3.05, 3.63) is 35.4 Å². The van der Waals surface area contributed by atoms with Gasteiger partial charge in [-0.15, -0.1) is 0 Å². The van der Waals surface area contributed by atoms with E-state index in [9.17, 15) is 13.2 Å². The van der Waals surface area contributed by atoms with E-state index in [0.29, 0.717) is 5.56 Å². The number of carboxylic acid groups (broad SMARTS) is 1. The average Bonchev–Trinajstić information content (AvgIpc) is 2.37. The van der Waals surface area contributed by atoms with Gasteiger partial charge in [0.2, 0.25) is 10.0 Å². The van der Waals surface area contributed by atoms with Gasteiger partial charge in [0.05, 0.1) is 17.4 Å². The maximum atomic E-state index is 11.8. The highest BCUT2D eigenvalue weighted by Crippen LogP contribution is 2.06. The smallest absolute Gasteiger partial charge is 0.335 e. The zero-order valence-electron chi connectivity index (χ0n) is 10.8. The molecule has 6 nitrogen and oxygen atoms in total. The second-order valence-corrected chi connectivity index (χ2v) is 6.32. The maximum absolute atomic E-state index is 11.8. The van der Waals surface area contributed by atoms with Crippen LogP contribution in [0.2, 0.25) is 0 Å². The Morgan fingerprint density at radius 2 is 1.95 bits per heavy atom. The molecule has 0 radical (unpaired) electrons. The van der Waals surface area contributed by atoms with Crippen LogP contribution in [0, 0.1) is 0 Å². The van der Waals surface area contributed by atoms with Gasteiger partial charge in [-0.2, -0.15) is 0 Å². The van der Waals surface area contributed by atoms with Crippen molar-refractivity contribution in [2.45, 2.75) is 18.7 Å². The van der Waals surface area contributed by atoms with Crippen LogP contribution in [0.1, 0.15) is 22.8 Å². The van der Waals surface area contributed by atoms with Gasteiger partial charge < -0.3 is 9.84 Å². The van der Waals surface area contributed by atoms with Gasteiger partial charge in [0, 0.05) is 13.7 Å². The van der Waals surface area contributed by atoms with E-state index in [1.807, 2.05) is 0 Å². The third kappa shape index (κ3) is 4.62. The molecule has 0 saturated carbocycles. The first-order valence-electron chi connectivity index (χ1n) is 5.66. The Morgan fingerprint density at radius 3 is 2.42 bits per heavy atom. The number of benzene rings is 1. The fourth-order valence-electron chi connectivity index (χ4n) is 1.42. The van der Waals surface area contributed by atoms with E-state index in [0.717, 1.165) is 0 Å². The molecule has 1 atom stereocenters. The van der Waals surface area contributed by atoms with Gasteiger partial charge in [-0.05, 0) is 24.6 Å². The highest BCUT2D eigenvalue weighted by molar-refractivity contribution is 7.90. The third-order valence-corrected chi connectivity index (χ3v) is 4.35. The number of ether oxygens (including phenoxy) is 1. The summed E-state index contributed by atoms with van der Waals surface area (Å²) in [4.78, 5) is 10.7. The highest BCUT2D eigenvalue weighted by Gasteiger charge is 2.19. The SMILES string of the molecule is COCC(C)S(=O)(=O)NCc1ccc(C(=O)O)cc1. The molecule has 0 bridgehead atoms. The zero-order valence-corrected chi connectivity index (χ0v) is 11.6. The van der Waals surface area contributed by atoms with E-state index < -0.39 is 21.2 Å². The number of hydrogen-bond donors (Lipinski definition) is 2. The molecule has 0 saturated heterocycles. The van der Waals surface area contributed by atoms with E-state index in [4.69, 9.17) is 9.84 Å². The first-order chi connectivity index (χ1) is 8.86. The van der Waals surface area contributed by atoms with Gasteiger partial charge in [0.1, 0.15) is 0 Å². The van der Waals surface area contributed by atoms with E-state index in [1.165, 1.54) is 19.2 Å². The van der Waals surface area contributed by atoms with E-state index in [-0.39, 0.29) is 18.7 Å². The van der Waals surface area contributed by atoms with Crippen LogP contribution >= 0.6 is 0 Å². The summed E-state index contributed by atoms with van der Waals surface area (Å²) >= 11 is 0. The Kier molecular flexibility index (Phi) is 5.46. The molecular weight excluding hydrogens is 270 g/mol. The number of carbonyl (C=O) groups is 1. The largest absolute Gasteiger partial charge is 0.478 e. The second-order valence-electron chi connectivity index (χ2n) is 4.13. The fraction of sp³-hybridized carbons (Fsp3) is 0.417. The summed E-state index contributed by atoms with van der Waals surface area (Å²) in [7, 11) is -2.00. The Hall–Kier alpha value is -1.44. The lowest BCUT2D eigenvalue weighted by molar-refractivity contribution is 0.0697. The third-order valence-electron chi connectivity index (χ3n) is 2.61. The summed E-state index contributed by atoms with van der Waals surface area (Å²) in [5, 5.41) is 8.10. The molecular formula is C12H17NO5S. The molecule has 106 valence electrons. The van der Waals surface area contributed by atoms with Crippen LogP contribution in [-0.4, -0.2) is 38.5 Å². The first-order valence-corrected chi connectivity index (χ1v) is 7.21. The van der Waals surface area contributed by atoms with E-state index in [1.54, 1.807) is 19.1 Å². The molecule has 0 aliphatic heterocycles. The van der Waals surface area contributed by atoms with Crippen molar-refractivity contribution in [2.24, 2.45) is 0 Å². The lowest BCUT2D eigenvalue weighted by atomic mass is 10.1. The van der Waals surface area contributed by atoms with Crippen LogP contribution in [0.4, 0.5) is 0 Å². The molecule has 1 rings (SSSR count). The summed E-state index contributed by atoms with van der Waals surface area (Å²) in [6, 6.07) is 6.02. The highest BCUT2D eigenvalue weighted by atomic mass is 32.2. The minimum Gasteiger partial charge on any atom is -0.478 e. The van der Waals surface area contributed by atoms with E-state index >= 15 is 0 Å². The Labute approximate surface area is 112 Å². The lowest BCUT2D eigenvalue weighted by Gasteiger charge is -2.13. The molecule has 2 N–H and O–H groups in total. The zero-order chi connectivity index (χ0) is 14.5. The quantitative estimate of drug-likeness (QED) is 0.775. The monoisotopic (exact) mass is 287 g/mol. The van der Waals surface area contributed by atoms with Crippen LogP contribution in [0.25, 0.3) is 0 Å². The lowest BCUT2D eigenvalue weighted by Crippen LogP contribution is -2.34. The first kappa shape index (κ1) is 15.6. The number of hydrogen-bond acceptors (Lipinski definition) is 4. The maximum Gasteiger partial charge on any atom is 0.335 e. The fourth-order valence-corrected chi connectivity index (χ4v) is 2.38. The summed E-state index contributed by atoms with van der Waals surface area (Å²) in [5.74, 6) is -1.01. The van der Waals surface area contributed by atoms with Gasteiger partial charge in [-0.3, -0.25) is 0 Å². The van der Waals surface area contributed by atoms with Gasteiger partial charge in [0.25, 0.3) is 0 Å². The standard InChI is InChI=1S/C12H17NO5S/c1-9(8-18-2)19(16,17)13-7-10-3-5-11(6-4-10)12(14)15/h3-6,9,13H,7-8H2,1-2H3,(H,14,15). The molecule has 0 aliphatic rings. The predicted octanol–water partition coefficient (Wildman–Crippen LogP) is 0.839. The second kappa shape index (κ2) is 6.65. The molecule has 1 aromatic carbocycles. The molecule has 19 heavy (non-hydrogen) atoms. The van der Waals surface area contributed by atoms with Crippen molar-refractivity contribution in [1.29, 1.82) is 0 Å². The molecule has 1 unspecified atom stereocenters. The number of rotatable bonds is 7. The molecule has 7 heteroatoms. The summed E-state index contributed by atoms with van der Waals surface area (Å²) in [6.45, 7) is 1.79. The summed E-state index contributed by atoms with van der Waals surface area (Å²) < 4.78 is 30.8. The molecule has 0 amide bonds. The van der Waals surface area contributed by atoms with Gasteiger partial charge >= 0.3 is 5.97 Å². The van der Waals surface area contributed by atoms with E-state index in [2.05, 4.69) is 4.72 Å². The minimum absolute atomic E-state index is 0.118. The minimum atomic E-state index is -3.44. The van der Waals surface area contributed by atoms with Crippen LogP contribution < -0.4 is 4.72 Å². The Morgan fingerprint density at radius 1 is 1.37 bits per heavy atom.